The van der Waals surface area contributed by atoms with Crippen LogP contribution in [0.25, 0.3) is 0 Å². The maximum absolute atomic E-state index is 16.7. The molecule has 2 fully saturated rings. The number of Topliss-reactive ketones (excluding diaryl/α,β-unsaturated/α-hetero) is 3. The number of esters is 2. The van der Waals surface area contributed by atoms with Gasteiger partial charge in [-0.1, -0.05) is 278 Å². The number of ether oxygens (including phenoxy) is 3. The Hall–Kier alpha value is -11.6. The Bertz CT molecular complexity index is 4770. The summed E-state index contributed by atoms with van der Waals surface area (Å²) in [6, 6.07) is 67.8. The Morgan fingerprint density at radius 3 is 1.61 bits per heavy atom. The lowest BCUT2D eigenvalue weighted by molar-refractivity contribution is -0.157. The lowest BCUT2D eigenvalue weighted by atomic mass is 9.76. The minimum Gasteiger partial charge on any atom is -0.462 e. The third-order valence-corrected chi connectivity index (χ3v) is 25.2. The zero-order valence-electron chi connectivity index (χ0n) is 71.5. The van der Waals surface area contributed by atoms with E-state index < -0.39 is 172 Å². The SMILES string of the molecule is CC[C@H](C)C(CC(=O)CNC(=O)[C@@H]1CC2(O)c3ccccc3NC2N1C(=O)OC(C)(C)C)C(=O)CCC(=O)NC(CSC(c1ccccc1)(c1ccccc1)c1ccccc1)C(=O)C[C@@H](CC(=O)NC(c1ccccc1)(c1ccccc1)c1ccccc1)C(=O)N1C[C@H](CC(C)(C)C)C[C@H]1C(=O)N[C@H](C(=O)OCc1ccccc1)[C@@H](C)[C@H](C)OC(C)=O. The number of benzene rings is 8. The maximum atomic E-state index is 16.7. The summed E-state index contributed by atoms with van der Waals surface area (Å²) in [4.78, 5) is 168. The van der Waals surface area contributed by atoms with Crippen LogP contribution >= 0.6 is 11.8 Å². The summed E-state index contributed by atoms with van der Waals surface area (Å²) in [7, 11) is 0. The molecule has 0 aromatic heterocycles. The molecule has 4 unspecified atom stereocenters. The van der Waals surface area contributed by atoms with Crippen LogP contribution in [-0.2, 0) is 84.6 Å². The Morgan fingerprint density at radius 2 is 1.10 bits per heavy atom. The highest BCUT2D eigenvalue weighted by molar-refractivity contribution is 8.00. The third kappa shape index (κ3) is 22.0. The number of fused-ring (bicyclic) bond motifs is 3. The van der Waals surface area contributed by atoms with Crippen molar-refractivity contribution in [1.29, 1.82) is 0 Å². The molecule has 3 heterocycles. The van der Waals surface area contributed by atoms with E-state index in [2.05, 4.69) is 26.6 Å². The number of hydrogen-bond donors (Lipinski definition) is 6. The number of anilines is 1. The van der Waals surface area contributed by atoms with Crippen LogP contribution in [0.3, 0.4) is 0 Å². The molecular weight excluding hydrogens is 1560 g/mol. The van der Waals surface area contributed by atoms with Gasteiger partial charge in [0.2, 0.25) is 29.5 Å². The van der Waals surface area contributed by atoms with Crippen LogP contribution in [0, 0.1) is 35.0 Å². The van der Waals surface area contributed by atoms with Gasteiger partial charge >= 0.3 is 18.0 Å². The van der Waals surface area contributed by atoms with Crippen LogP contribution in [-0.4, -0.2) is 141 Å². The maximum Gasteiger partial charge on any atom is 0.412 e. The number of carbonyl (C=O) groups excluding carboxylic acids is 11. The molecule has 0 aliphatic carbocycles. The fraction of sp³-hybridized carbons (Fsp3) is 0.404. The number of ketones is 3. The molecule has 6 N–H and O–H groups in total. The predicted molar refractivity (Wildman–Crippen MR) is 469 cm³/mol. The number of nitrogens with one attached hydrogen (secondary N) is 5. The van der Waals surface area contributed by atoms with E-state index in [1.54, 1.807) is 83.1 Å². The van der Waals surface area contributed by atoms with E-state index in [1.807, 2.05) is 223 Å². The lowest BCUT2D eigenvalue weighted by Gasteiger charge is -2.38. The zero-order chi connectivity index (χ0) is 87.7. The molecule has 2 saturated heterocycles. The number of nitrogens with zero attached hydrogens (tertiary/aromatic N) is 2. The van der Waals surface area contributed by atoms with E-state index >= 15 is 24.0 Å². The molecule has 3 aliphatic rings. The molecule has 0 bridgehead atoms. The number of carbonyl (C=O) groups is 11. The van der Waals surface area contributed by atoms with Gasteiger partial charge in [0.1, 0.15) is 59.5 Å². The van der Waals surface area contributed by atoms with Crippen molar-refractivity contribution in [2.75, 3.05) is 24.2 Å². The van der Waals surface area contributed by atoms with E-state index in [0.29, 0.717) is 46.3 Å². The number of amides is 6. The van der Waals surface area contributed by atoms with Crippen LogP contribution in [0.1, 0.15) is 178 Å². The summed E-state index contributed by atoms with van der Waals surface area (Å²) in [5.74, 6) is -10.9. The fourth-order valence-corrected chi connectivity index (χ4v) is 18.9. The molecule has 8 aromatic carbocycles. The molecule has 8 aromatic rings. The Kier molecular flexibility index (Phi) is 30.2. The summed E-state index contributed by atoms with van der Waals surface area (Å²) in [5.41, 5.74) is 1.84. The summed E-state index contributed by atoms with van der Waals surface area (Å²) >= 11 is 1.37. The second-order valence-corrected chi connectivity index (χ2v) is 36.1. The second-order valence-electron chi connectivity index (χ2n) is 34.8. The van der Waals surface area contributed by atoms with Gasteiger partial charge in [-0.05, 0) is 103 Å². The number of aliphatic hydroxyl groups is 1. The van der Waals surface area contributed by atoms with Crippen LogP contribution in [0.5, 0.6) is 0 Å². The van der Waals surface area contributed by atoms with Crippen molar-refractivity contribution >= 4 is 82.4 Å². The Labute approximate surface area is 720 Å². The molecule has 642 valence electrons. The Balaban J connectivity index is 0.937. The van der Waals surface area contributed by atoms with Gasteiger partial charge in [-0.25, -0.2) is 9.59 Å². The summed E-state index contributed by atoms with van der Waals surface area (Å²) in [6.45, 7) is 18.7. The van der Waals surface area contributed by atoms with Crippen LogP contribution in [0.15, 0.2) is 237 Å². The second kappa shape index (κ2) is 40.4. The topological polar surface area (TPSA) is 302 Å². The van der Waals surface area contributed by atoms with Crippen LogP contribution < -0.4 is 26.6 Å². The molecule has 23 heteroatoms. The highest BCUT2D eigenvalue weighted by Gasteiger charge is 2.61. The van der Waals surface area contributed by atoms with Crippen molar-refractivity contribution in [2.45, 2.75) is 198 Å². The number of likely N-dealkylation sites (tertiary alicyclic amines) is 2. The van der Waals surface area contributed by atoms with Crippen molar-refractivity contribution < 1.29 is 72.1 Å². The average molecular weight is 1680 g/mol. The largest absolute Gasteiger partial charge is 0.462 e. The minimum absolute atomic E-state index is 0.00491. The van der Waals surface area contributed by atoms with Gasteiger partial charge in [0.25, 0.3) is 0 Å². The quantitative estimate of drug-likeness (QED) is 0.0120. The Morgan fingerprint density at radius 1 is 0.590 bits per heavy atom. The summed E-state index contributed by atoms with van der Waals surface area (Å²) in [5, 5.41) is 27.5. The first-order valence-corrected chi connectivity index (χ1v) is 43.2. The first-order valence-electron chi connectivity index (χ1n) is 42.2. The van der Waals surface area contributed by atoms with Gasteiger partial charge < -0.3 is 50.8 Å². The van der Waals surface area contributed by atoms with Crippen molar-refractivity contribution in [3.8, 4) is 0 Å². The third-order valence-electron chi connectivity index (χ3n) is 23.6. The van der Waals surface area contributed by atoms with Gasteiger partial charge in [-0.3, -0.25) is 48.1 Å². The molecule has 22 nitrogen and oxygen atoms in total. The zero-order valence-corrected chi connectivity index (χ0v) is 72.3. The van der Waals surface area contributed by atoms with E-state index in [4.69, 9.17) is 14.2 Å². The van der Waals surface area contributed by atoms with Gasteiger partial charge in [0.15, 0.2) is 11.6 Å². The van der Waals surface area contributed by atoms with E-state index in [-0.39, 0.29) is 55.9 Å². The summed E-state index contributed by atoms with van der Waals surface area (Å²) in [6.07, 6.45) is -4.47. The van der Waals surface area contributed by atoms with Crippen molar-refractivity contribution in [3.05, 3.63) is 281 Å². The highest BCUT2D eigenvalue weighted by atomic mass is 32.2. The van der Waals surface area contributed by atoms with E-state index in [1.165, 1.54) is 28.5 Å². The number of rotatable bonds is 37. The normalized spacial score (nSPS) is 18.6. The molecule has 0 saturated carbocycles. The molecule has 0 radical (unpaired) electrons. The smallest absolute Gasteiger partial charge is 0.412 e. The predicted octanol–water partition coefficient (Wildman–Crippen LogP) is 14.5. The van der Waals surface area contributed by atoms with Crippen molar-refractivity contribution in [3.63, 3.8) is 0 Å². The standard InChI is InChI=1S/C99H115N7O15S/c1-12-64(2)78(57-77(108)60-100-89(113)83-59-97(118)79-50-34-35-51-80(79)102-93(97)106(83)94(117)121-96(9,10)11)84(109)52-53-86(111)101-81(63-122-99(74-44-28-17-29-45-74,75-46-30-18-31-47-75)76-48-32-19-33-49-76)85(110)55-70(56-87(112)104-98(71-38-22-14-23-39-71,72-40-24-15-25-41-72)73-42-26-16-27-43-73)91(115)105-61-69(58-95(6,7)8)54-82(105)90(114)103-88(65(3)66(4)120-67(5)107)92(116)119-62-68-36-20-13-21-37-68/h13-51,64-66,69-70,78,81-83,88,93,102,118H,12,52-63H2,1-11H3,(H,100,113)(H,101,111)(H,103,114)(H,104,112)/t64-,65-,66-,69-,70-,78?,81?,82-,83-,88-,93?,97?/m0/s1. The van der Waals surface area contributed by atoms with Gasteiger partial charge in [0.05, 0.1) is 23.3 Å². The fourth-order valence-electron chi connectivity index (χ4n) is 17.4. The monoisotopic (exact) mass is 1670 g/mol. The van der Waals surface area contributed by atoms with E-state index in [0.717, 1.165) is 16.7 Å². The molecule has 12 atom stereocenters. The first-order chi connectivity index (χ1) is 58.2. The van der Waals surface area contributed by atoms with Crippen LogP contribution in [0.4, 0.5) is 10.5 Å². The minimum atomic E-state index is -1.69. The molecule has 11 rings (SSSR count). The van der Waals surface area contributed by atoms with Gasteiger partial charge in [0, 0.05) is 80.8 Å². The molecule has 0 spiro atoms. The average Bonchev–Trinajstić information content (AvgIpc) is 1.55. The first kappa shape index (κ1) is 91.2. The van der Waals surface area contributed by atoms with Gasteiger partial charge in [-0.2, -0.15) is 0 Å². The number of thioether (sulfide) groups is 1. The summed E-state index contributed by atoms with van der Waals surface area (Å²) < 4.78 is 16.2. The highest BCUT2D eigenvalue weighted by Crippen LogP contribution is 2.51. The number of para-hydroxylation sites is 1. The van der Waals surface area contributed by atoms with E-state index in [9.17, 15) is 33.9 Å². The molecule has 6 amide bonds. The lowest BCUT2D eigenvalue weighted by Crippen LogP contribution is -2.56. The van der Waals surface area contributed by atoms with Gasteiger partial charge in [-0.15, -0.1) is 11.8 Å². The molecule has 122 heavy (non-hydrogen) atoms. The van der Waals surface area contributed by atoms with Crippen molar-refractivity contribution in [2.24, 2.45) is 35.0 Å². The molecule has 3 aliphatic heterocycles. The molecular formula is C99H115N7O15S. The number of hydrogen-bond acceptors (Lipinski definition) is 17. The van der Waals surface area contributed by atoms with Crippen molar-refractivity contribution in [1.82, 2.24) is 31.1 Å². The van der Waals surface area contributed by atoms with Crippen LogP contribution in [0.2, 0.25) is 0 Å².